The van der Waals surface area contributed by atoms with Crippen molar-refractivity contribution in [1.82, 2.24) is 10.2 Å². The number of rotatable bonds is 3. The molecule has 0 spiro atoms. The molecule has 1 heterocycles. The van der Waals surface area contributed by atoms with Gasteiger partial charge in [-0.05, 0) is 25.7 Å². The molecule has 3 nitrogen and oxygen atoms in total. The van der Waals surface area contributed by atoms with Gasteiger partial charge >= 0.3 is 0 Å². The number of hydrogen-bond acceptors (Lipinski definition) is 3. The van der Waals surface area contributed by atoms with Crippen LogP contribution >= 0.6 is 0 Å². The molecule has 1 unspecified atom stereocenters. The molecule has 1 atom stereocenters. The Hall–Kier alpha value is -0.380. The summed E-state index contributed by atoms with van der Waals surface area (Å²) in [6.45, 7) is 4.77. The largest absolute Gasteiger partial charge is 0.396 e. The first kappa shape index (κ1) is 11.1. The fourth-order valence-corrected chi connectivity index (χ4v) is 2.89. The monoisotopic (exact) mass is 210 g/mol. The molecule has 15 heavy (non-hydrogen) atoms. The van der Waals surface area contributed by atoms with E-state index in [1.165, 1.54) is 12.8 Å². The van der Waals surface area contributed by atoms with E-state index in [1.54, 1.807) is 0 Å². The lowest BCUT2D eigenvalue weighted by Gasteiger charge is -2.47. The van der Waals surface area contributed by atoms with Crippen molar-refractivity contribution in [2.24, 2.45) is 0 Å². The maximum absolute atomic E-state index is 9.25. The van der Waals surface area contributed by atoms with Crippen LogP contribution in [0.3, 0.4) is 0 Å². The first-order valence-electron chi connectivity index (χ1n) is 6.09. The Morgan fingerprint density at radius 2 is 2.07 bits per heavy atom. The van der Waals surface area contributed by atoms with E-state index in [0.29, 0.717) is 6.61 Å². The van der Waals surface area contributed by atoms with Gasteiger partial charge in [0.1, 0.15) is 0 Å². The van der Waals surface area contributed by atoms with E-state index in [0.717, 1.165) is 39.0 Å². The fourth-order valence-electron chi connectivity index (χ4n) is 2.89. The molecule has 0 amide bonds. The van der Waals surface area contributed by atoms with Crippen LogP contribution in [0.25, 0.3) is 0 Å². The molecule has 2 N–H and O–H groups in total. The SMILES string of the molecule is OCCC1(N2CCNCC2)CC=CCC1. The predicted molar refractivity (Wildman–Crippen MR) is 61.9 cm³/mol. The highest BCUT2D eigenvalue weighted by Gasteiger charge is 2.36. The summed E-state index contributed by atoms with van der Waals surface area (Å²) < 4.78 is 0. The Labute approximate surface area is 92.2 Å². The number of aliphatic hydroxyl groups excluding tert-OH is 1. The third-order valence-corrected chi connectivity index (χ3v) is 3.81. The number of nitrogens with zero attached hydrogens (tertiary/aromatic N) is 1. The van der Waals surface area contributed by atoms with Gasteiger partial charge in [-0.1, -0.05) is 12.2 Å². The fraction of sp³-hybridized carbons (Fsp3) is 0.833. The zero-order valence-electron chi connectivity index (χ0n) is 9.41. The van der Waals surface area contributed by atoms with Crippen LogP contribution in [0, 0.1) is 0 Å². The highest BCUT2D eigenvalue weighted by atomic mass is 16.3. The Kier molecular flexibility index (Phi) is 3.78. The molecule has 0 saturated carbocycles. The Morgan fingerprint density at radius 1 is 1.27 bits per heavy atom. The molecule has 86 valence electrons. The molecular formula is C12H22N2O. The van der Waals surface area contributed by atoms with Crippen LogP contribution in [0.5, 0.6) is 0 Å². The molecule has 1 saturated heterocycles. The van der Waals surface area contributed by atoms with Gasteiger partial charge in [0.15, 0.2) is 0 Å². The lowest BCUT2D eigenvalue weighted by molar-refractivity contribution is 0.0410. The molecule has 0 aromatic rings. The number of piperazine rings is 1. The van der Waals surface area contributed by atoms with Gasteiger partial charge in [0.05, 0.1) is 0 Å². The van der Waals surface area contributed by atoms with Gasteiger partial charge in [0.25, 0.3) is 0 Å². The van der Waals surface area contributed by atoms with Crippen molar-refractivity contribution >= 4 is 0 Å². The van der Waals surface area contributed by atoms with Crippen LogP contribution in [-0.2, 0) is 0 Å². The van der Waals surface area contributed by atoms with Crippen molar-refractivity contribution in [1.29, 1.82) is 0 Å². The number of allylic oxidation sites excluding steroid dienone is 1. The van der Waals surface area contributed by atoms with Crippen molar-refractivity contribution in [3.8, 4) is 0 Å². The number of aliphatic hydroxyl groups is 1. The van der Waals surface area contributed by atoms with E-state index in [-0.39, 0.29) is 5.54 Å². The summed E-state index contributed by atoms with van der Waals surface area (Å²) in [5.41, 5.74) is 0.256. The van der Waals surface area contributed by atoms with E-state index in [9.17, 15) is 5.11 Å². The lowest BCUT2D eigenvalue weighted by Crippen LogP contribution is -2.56. The van der Waals surface area contributed by atoms with Gasteiger partial charge in [0.2, 0.25) is 0 Å². The first-order chi connectivity index (χ1) is 7.37. The zero-order chi connectivity index (χ0) is 10.6. The molecule has 0 bridgehead atoms. The second-order valence-corrected chi connectivity index (χ2v) is 4.65. The maximum atomic E-state index is 9.25. The van der Waals surface area contributed by atoms with Crippen LogP contribution in [0.15, 0.2) is 12.2 Å². The van der Waals surface area contributed by atoms with E-state index in [4.69, 9.17) is 0 Å². The van der Waals surface area contributed by atoms with E-state index in [2.05, 4.69) is 22.4 Å². The van der Waals surface area contributed by atoms with Gasteiger partial charge in [-0.25, -0.2) is 0 Å². The molecule has 0 radical (unpaired) electrons. The average Bonchev–Trinajstić information content (AvgIpc) is 2.32. The molecule has 0 aromatic heterocycles. The van der Waals surface area contributed by atoms with Gasteiger partial charge in [0, 0.05) is 38.3 Å². The van der Waals surface area contributed by atoms with Crippen molar-refractivity contribution in [3.63, 3.8) is 0 Å². The topological polar surface area (TPSA) is 35.5 Å². The van der Waals surface area contributed by atoms with Gasteiger partial charge in [-0.3, -0.25) is 4.90 Å². The number of hydrogen-bond donors (Lipinski definition) is 2. The maximum Gasteiger partial charge on any atom is 0.0448 e. The van der Waals surface area contributed by atoms with Gasteiger partial charge in [-0.2, -0.15) is 0 Å². The highest BCUT2D eigenvalue weighted by molar-refractivity contribution is 5.04. The van der Waals surface area contributed by atoms with Gasteiger partial charge in [-0.15, -0.1) is 0 Å². The Morgan fingerprint density at radius 3 is 2.67 bits per heavy atom. The highest BCUT2D eigenvalue weighted by Crippen LogP contribution is 2.33. The molecular weight excluding hydrogens is 188 g/mol. The van der Waals surface area contributed by atoms with Crippen LogP contribution in [-0.4, -0.2) is 48.3 Å². The second-order valence-electron chi connectivity index (χ2n) is 4.65. The third kappa shape index (κ3) is 2.41. The lowest BCUT2D eigenvalue weighted by atomic mass is 9.81. The molecule has 0 aromatic carbocycles. The van der Waals surface area contributed by atoms with E-state index in [1.807, 2.05) is 0 Å². The predicted octanol–water partition coefficient (Wildman–Crippen LogP) is 0.753. The van der Waals surface area contributed by atoms with E-state index < -0.39 is 0 Å². The summed E-state index contributed by atoms with van der Waals surface area (Å²) in [4.78, 5) is 2.59. The van der Waals surface area contributed by atoms with Gasteiger partial charge < -0.3 is 10.4 Å². The molecule has 1 aliphatic carbocycles. The summed E-state index contributed by atoms with van der Waals surface area (Å²) >= 11 is 0. The summed E-state index contributed by atoms with van der Waals surface area (Å²) in [6, 6.07) is 0. The minimum atomic E-state index is 0.256. The minimum Gasteiger partial charge on any atom is -0.396 e. The average molecular weight is 210 g/mol. The quantitative estimate of drug-likeness (QED) is 0.675. The third-order valence-electron chi connectivity index (χ3n) is 3.81. The minimum absolute atomic E-state index is 0.256. The summed E-state index contributed by atoms with van der Waals surface area (Å²) in [5.74, 6) is 0. The van der Waals surface area contributed by atoms with Crippen LogP contribution in [0.1, 0.15) is 25.7 Å². The van der Waals surface area contributed by atoms with Crippen molar-refractivity contribution in [3.05, 3.63) is 12.2 Å². The summed E-state index contributed by atoms with van der Waals surface area (Å²) in [7, 11) is 0. The van der Waals surface area contributed by atoms with Crippen molar-refractivity contribution in [2.75, 3.05) is 32.8 Å². The molecule has 2 aliphatic rings. The molecule has 3 heteroatoms. The van der Waals surface area contributed by atoms with Crippen molar-refractivity contribution < 1.29 is 5.11 Å². The van der Waals surface area contributed by atoms with Crippen LogP contribution in [0.2, 0.25) is 0 Å². The molecule has 1 aliphatic heterocycles. The Balaban J connectivity index is 2.05. The van der Waals surface area contributed by atoms with Crippen molar-refractivity contribution in [2.45, 2.75) is 31.2 Å². The molecule has 2 rings (SSSR count). The Bertz CT molecular complexity index is 224. The zero-order valence-corrected chi connectivity index (χ0v) is 9.41. The number of nitrogens with one attached hydrogen (secondary N) is 1. The first-order valence-corrected chi connectivity index (χ1v) is 6.09. The standard InChI is InChI=1S/C12H22N2O/c15-11-6-12(4-2-1-3-5-12)14-9-7-13-8-10-14/h1-2,13,15H,3-11H2. The van der Waals surface area contributed by atoms with E-state index >= 15 is 0 Å². The second kappa shape index (κ2) is 5.10. The van der Waals surface area contributed by atoms with Crippen LogP contribution in [0.4, 0.5) is 0 Å². The summed E-state index contributed by atoms with van der Waals surface area (Å²) in [6.07, 6.45) is 9.00. The van der Waals surface area contributed by atoms with Crippen LogP contribution < -0.4 is 5.32 Å². The normalized spacial score (nSPS) is 33.1. The molecule has 1 fully saturated rings. The smallest absolute Gasteiger partial charge is 0.0448 e. The summed E-state index contributed by atoms with van der Waals surface area (Å²) in [5, 5.41) is 12.6.